The second-order valence-corrected chi connectivity index (χ2v) is 4.56. The molecule has 0 aliphatic rings. The lowest BCUT2D eigenvalue weighted by atomic mass is 9.96. The zero-order valence-electron chi connectivity index (χ0n) is 9.79. The minimum absolute atomic E-state index is 0.314. The number of hydrogen-bond acceptors (Lipinski definition) is 3. The smallest absolute Gasteiger partial charge is 0.153 e. The third-order valence-corrected chi connectivity index (χ3v) is 3.32. The van der Waals surface area contributed by atoms with Crippen LogP contribution in [-0.2, 0) is 7.05 Å². The summed E-state index contributed by atoms with van der Waals surface area (Å²) in [5.41, 5.74) is 1.13. The maximum Gasteiger partial charge on any atom is 0.153 e. The third kappa shape index (κ3) is 2.78. The monoisotopic (exact) mass is 274 g/mol. The summed E-state index contributed by atoms with van der Waals surface area (Å²) in [6.45, 7) is 7.51. The Balaban J connectivity index is 2.98. The van der Waals surface area contributed by atoms with Gasteiger partial charge in [-0.2, -0.15) is 0 Å². The van der Waals surface area contributed by atoms with Gasteiger partial charge in [0.15, 0.2) is 4.60 Å². The lowest BCUT2D eigenvalue weighted by Crippen LogP contribution is -2.28. The molecule has 0 aromatic carbocycles. The molecule has 0 saturated heterocycles. The van der Waals surface area contributed by atoms with Gasteiger partial charge in [-0.05, 0) is 28.4 Å². The fourth-order valence-electron chi connectivity index (χ4n) is 1.69. The second-order valence-electron chi connectivity index (χ2n) is 3.81. The maximum atomic E-state index is 4.03. The van der Waals surface area contributed by atoms with Crippen molar-refractivity contribution in [1.29, 1.82) is 0 Å². The Morgan fingerprint density at radius 1 is 1.47 bits per heavy atom. The fraction of sp³-hybridized carbons (Fsp3) is 0.800. The fourth-order valence-corrected chi connectivity index (χ4v) is 2.27. The molecule has 0 saturated carbocycles. The van der Waals surface area contributed by atoms with E-state index in [4.69, 9.17) is 0 Å². The van der Waals surface area contributed by atoms with Gasteiger partial charge in [-0.15, -0.1) is 5.10 Å². The van der Waals surface area contributed by atoms with Gasteiger partial charge in [0.1, 0.15) is 0 Å². The first-order valence-corrected chi connectivity index (χ1v) is 6.19. The summed E-state index contributed by atoms with van der Waals surface area (Å²) >= 11 is 3.45. The average Bonchev–Trinajstić information content (AvgIpc) is 2.55. The minimum Gasteiger partial charge on any atom is -0.309 e. The molecule has 1 aromatic rings. The molecule has 0 amide bonds. The van der Waals surface area contributed by atoms with E-state index in [2.05, 4.69) is 52.3 Å². The van der Waals surface area contributed by atoms with E-state index < -0.39 is 0 Å². The third-order valence-electron chi connectivity index (χ3n) is 2.76. The first kappa shape index (κ1) is 12.6. The lowest BCUT2D eigenvalue weighted by Gasteiger charge is -2.23. The summed E-state index contributed by atoms with van der Waals surface area (Å²) in [6, 6.07) is 0.314. The minimum atomic E-state index is 0.314. The first-order chi connectivity index (χ1) is 7.11. The van der Waals surface area contributed by atoms with E-state index in [1.807, 2.05) is 11.7 Å². The Hall–Kier alpha value is -0.420. The second kappa shape index (κ2) is 5.61. The summed E-state index contributed by atoms with van der Waals surface area (Å²) in [5.74, 6) is 0.568. The van der Waals surface area contributed by atoms with Crippen LogP contribution in [0.5, 0.6) is 0 Å². The number of aryl methyl sites for hydroxylation is 1. The predicted octanol–water partition coefficient (Wildman–Crippen LogP) is 2.27. The zero-order chi connectivity index (χ0) is 11.4. The number of halogens is 1. The largest absolute Gasteiger partial charge is 0.309 e. The van der Waals surface area contributed by atoms with Crippen molar-refractivity contribution in [2.45, 2.75) is 33.2 Å². The van der Waals surface area contributed by atoms with Gasteiger partial charge in [-0.1, -0.05) is 32.4 Å². The summed E-state index contributed by atoms with van der Waals surface area (Å²) in [7, 11) is 1.93. The van der Waals surface area contributed by atoms with Crippen molar-refractivity contribution in [3.8, 4) is 0 Å². The van der Waals surface area contributed by atoms with Crippen molar-refractivity contribution < 1.29 is 0 Å². The SMILES string of the molecule is CCNC(c1c(Br)nnn1C)C(C)CC. The van der Waals surface area contributed by atoms with E-state index in [9.17, 15) is 0 Å². The molecule has 0 spiro atoms. The molecule has 1 N–H and O–H groups in total. The standard InChI is InChI=1S/C10H19BrN4/c1-5-7(3)8(12-6-2)9-10(11)13-14-15(9)4/h7-8,12H,5-6H2,1-4H3. The van der Waals surface area contributed by atoms with Crippen molar-refractivity contribution in [2.75, 3.05) is 6.54 Å². The van der Waals surface area contributed by atoms with Gasteiger partial charge in [0, 0.05) is 7.05 Å². The molecule has 1 aromatic heterocycles. The van der Waals surface area contributed by atoms with Crippen LogP contribution in [0.25, 0.3) is 0 Å². The quantitative estimate of drug-likeness (QED) is 0.896. The Morgan fingerprint density at radius 2 is 2.13 bits per heavy atom. The van der Waals surface area contributed by atoms with E-state index in [1.54, 1.807) is 0 Å². The van der Waals surface area contributed by atoms with Gasteiger partial charge in [0.05, 0.1) is 11.7 Å². The molecule has 0 bridgehead atoms. The summed E-state index contributed by atoms with van der Waals surface area (Å²) in [4.78, 5) is 0. The molecule has 4 nitrogen and oxygen atoms in total. The highest BCUT2D eigenvalue weighted by Crippen LogP contribution is 2.28. The van der Waals surface area contributed by atoms with E-state index in [0.29, 0.717) is 12.0 Å². The van der Waals surface area contributed by atoms with Gasteiger partial charge >= 0.3 is 0 Å². The number of rotatable bonds is 5. The maximum absolute atomic E-state index is 4.03. The molecule has 1 heterocycles. The van der Waals surface area contributed by atoms with Crippen LogP contribution in [0.15, 0.2) is 4.60 Å². The normalized spacial score (nSPS) is 15.3. The van der Waals surface area contributed by atoms with Crippen LogP contribution >= 0.6 is 15.9 Å². The van der Waals surface area contributed by atoms with Crippen molar-refractivity contribution in [2.24, 2.45) is 13.0 Å². The molecular formula is C10H19BrN4. The molecule has 15 heavy (non-hydrogen) atoms. The highest BCUT2D eigenvalue weighted by Gasteiger charge is 2.23. The predicted molar refractivity (Wildman–Crippen MR) is 64.6 cm³/mol. The molecule has 0 radical (unpaired) electrons. The van der Waals surface area contributed by atoms with Crippen LogP contribution in [-0.4, -0.2) is 21.5 Å². The van der Waals surface area contributed by atoms with E-state index in [1.165, 1.54) is 0 Å². The van der Waals surface area contributed by atoms with Crippen LogP contribution < -0.4 is 5.32 Å². The van der Waals surface area contributed by atoms with Crippen LogP contribution in [0.1, 0.15) is 38.9 Å². The molecule has 0 aliphatic carbocycles. The summed E-state index contributed by atoms with van der Waals surface area (Å²) in [5, 5.41) is 11.5. The number of nitrogens with zero attached hydrogens (tertiary/aromatic N) is 3. The van der Waals surface area contributed by atoms with Crippen molar-refractivity contribution in [3.63, 3.8) is 0 Å². The summed E-state index contributed by atoms with van der Waals surface area (Å²) < 4.78 is 2.68. The first-order valence-electron chi connectivity index (χ1n) is 5.40. The molecule has 2 atom stereocenters. The van der Waals surface area contributed by atoms with Gasteiger partial charge in [-0.3, -0.25) is 0 Å². The van der Waals surface area contributed by atoms with Crippen molar-refractivity contribution >= 4 is 15.9 Å². The number of nitrogens with one attached hydrogen (secondary N) is 1. The Labute approximate surface area is 99.6 Å². The topological polar surface area (TPSA) is 42.7 Å². The molecule has 2 unspecified atom stereocenters. The Bertz CT molecular complexity index is 291. The number of aromatic nitrogens is 3. The Kier molecular flexibility index (Phi) is 4.73. The highest BCUT2D eigenvalue weighted by molar-refractivity contribution is 9.10. The molecule has 86 valence electrons. The highest BCUT2D eigenvalue weighted by atomic mass is 79.9. The number of hydrogen-bond donors (Lipinski definition) is 1. The van der Waals surface area contributed by atoms with Gasteiger partial charge < -0.3 is 5.32 Å². The molecule has 0 fully saturated rings. The van der Waals surface area contributed by atoms with Crippen LogP contribution in [0.2, 0.25) is 0 Å². The zero-order valence-corrected chi connectivity index (χ0v) is 11.4. The van der Waals surface area contributed by atoms with E-state index in [0.717, 1.165) is 23.3 Å². The molecule has 0 aliphatic heterocycles. The van der Waals surface area contributed by atoms with Crippen LogP contribution in [0, 0.1) is 5.92 Å². The van der Waals surface area contributed by atoms with Gasteiger partial charge in [0.2, 0.25) is 0 Å². The van der Waals surface area contributed by atoms with Gasteiger partial charge in [-0.25, -0.2) is 4.68 Å². The van der Waals surface area contributed by atoms with E-state index in [-0.39, 0.29) is 0 Å². The van der Waals surface area contributed by atoms with Crippen molar-refractivity contribution in [1.82, 2.24) is 20.3 Å². The van der Waals surface area contributed by atoms with Crippen molar-refractivity contribution in [3.05, 3.63) is 10.3 Å². The van der Waals surface area contributed by atoms with Crippen LogP contribution in [0.3, 0.4) is 0 Å². The molecular weight excluding hydrogens is 256 g/mol. The molecule has 5 heteroatoms. The lowest BCUT2D eigenvalue weighted by molar-refractivity contribution is 0.364. The summed E-state index contributed by atoms with van der Waals surface area (Å²) in [6.07, 6.45) is 1.13. The van der Waals surface area contributed by atoms with Gasteiger partial charge in [0.25, 0.3) is 0 Å². The Morgan fingerprint density at radius 3 is 2.53 bits per heavy atom. The molecule has 1 rings (SSSR count). The van der Waals surface area contributed by atoms with Crippen LogP contribution in [0.4, 0.5) is 0 Å². The average molecular weight is 275 g/mol. The van der Waals surface area contributed by atoms with E-state index >= 15 is 0 Å².